The van der Waals surface area contributed by atoms with Gasteiger partial charge in [0.25, 0.3) is 0 Å². The molecule has 21 heavy (non-hydrogen) atoms. The summed E-state index contributed by atoms with van der Waals surface area (Å²) in [5.74, 6) is 0.709. The molecule has 2 rings (SSSR count). The zero-order chi connectivity index (χ0) is 15.6. The van der Waals surface area contributed by atoms with Gasteiger partial charge in [0, 0.05) is 5.69 Å². The molecular formula is C17H25NO3. The number of carbonyl (C=O) groups excluding carboxylic acids is 1. The molecule has 4 nitrogen and oxygen atoms in total. The van der Waals surface area contributed by atoms with E-state index in [2.05, 4.69) is 20.8 Å². The Kier molecular flexibility index (Phi) is 4.45. The quantitative estimate of drug-likeness (QED) is 0.682. The van der Waals surface area contributed by atoms with E-state index in [-0.39, 0.29) is 17.5 Å². The van der Waals surface area contributed by atoms with Gasteiger partial charge in [-0.1, -0.05) is 20.8 Å². The number of esters is 1. The van der Waals surface area contributed by atoms with Crippen LogP contribution in [0, 0.1) is 11.3 Å². The first-order valence-corrected chi connectivity index (χ1v) is 7.45. The van der Waals surface area contributed by atoms with E-state index in [9.17, 15) is 4.79 Å². The lowest BCUT2D eigenvalue weighted by Crippen LogP contribution is -2.34. The van der Waals surface area contributed by atoms with E-state index in [0.29, 0.717) is 22.9 Å². The van der Waals surface area contributed by atoms with E-state index in [4.69, 9.17) is 15.2 Å². The Morgan fingerprint density at radius 1 is 1.33 bits per heavy atom. The highest BCUT2D eigenvalue weighted by Crippen LogP contribution is 2.40. The molecule has 2 atom stereocenters. The van der Waals surface area contributed by atoms with Gasteiger partial charge in [-0.2, -0.15) is 0 Å². The van der Waals surface area contributed by atoms with Crippen molar-refractivity contribution in [3.8, 4) is 5.75 Å². The molecule has 0 radical (unpaired) electrons. The highest BCUT2D eigenvalue weighted by atomic mass is 16.5. The van der Waals surface area contributed by atoms with Crippen LogP contribution in [0.25, 0.3) is 0 Å². The van der Waals surface area contributed by atoms with Crippen molar-refractivity contribution in [3.63, 3.8) is 0 Å². The van der Waals surface area contributed by atoms with Crippen molar-refractivity contribution in [2.45, 2.75) is 46.1 Å². The Hall–Kier alpha value is -1.71. The van der Waals surface area contributed by atoms with Gasteiger partial charge in [-0.05, 0) is 48.8 Å². The zero-order valence-corrected chi connectivity index (χ0v) is 13.3. The number of anilines is 1. The maximum Gasteiger partial charge on any atom is 0.342 e. The standard InChI is InChI=1S/C17H25NO3/c1-11-7-13(10-17(2,3)9-11)21-16(19)14-8-12(18)5-6-15(14)20-4/h5-6,8,11,13H,7,9-10,18H2,1-4H3. The number of methoxy groups -OCH3 is 1. The normalized spacial score (nSPS) is 24.4. The Labute approximate surface area is 126 Å². The van der Waals surface area contributed by atoms with Gasteiger partial charge >= 0.3 is 5.97 Å². The summed E-state index contributed by atoms with van der Waals surface area (Å²) in [5, 5.41) is 0. The van der Waals surface area contributed by atoms with Gasteiger partial charge < -0.3 is 15.2 Å². The number of hydrogen-bond acceptors (Lipinski definition) is 4. The van der Waals surface area contributed by atoms with Gasteiger partial charge in [0.1, 0.15) is 17.4 Å². The monoisotopic (exact) mass is 291 g/mol. The van der Waals surface area contributed by atoms with Crippen molar-refractivity contribution in [3.05, 3.63) is 23.8 Å². The lowest BCUT2D eigenvalue weighted by molar-refractivity contribution is -0.00736. The summed E-state index contributed by atoms with van der Waals surface area (Å²) in [4.78, 5) is 12.4. The van der Waals surface area contributed by atoms with Crippen LogP contribution in [0.4, 0.5) is 5.69 Å². The van der Waals surface area contributed by atoms with Crippen LogP contribution in [0.1, 0.15) is 50.4 Å². The highest BCUT2D eigenvalue weighted by Gasteiger charge is 2.34. The molecule has 1 fully saturated rings. The lowest BCUT2D eigenvalue weighted by atomic mass is 9.71. The molecule has 0 spiro atoms. The molecule has 0 bridgehead atoms. The summed E-state index contributed by atoms with van der Waals surface area (Å²) in [5.41, 5.74) is 6.89. The van der Waals surface area contributed by atoms with Crippen LogP contribution in [0.2, 0.25) is 0 Å². The number of rotatable bonds is 3. The molecule has 4 heteroatoms. The minimum absolute atomic E-state index is 0.0395. The molecule has 0 heterocycles. The van der Waals surface area contributed by atoms with E-state index in [1.54, 1.807) is 18.2 Å². The minimum Gasteiger partial charge on any atom is -0.496 e. The zero-order valence-electron chi connectivity index (χ0n) is 13.3. The summed E-state index contributed by atoms with van der Waals surface area (Å²) in [7, 11) is 1.54. The second-order valence-corrected chi connectivity index (χ2v) is 6.90. The van der Waals surface area contributed by atoms with Gasteiger partial charge in [0.15, 0.2) is 0 Å². The second kappa shape index (κ2) is 5.96. The summed E-state index contributed by atoms with van der Waals surface area (Å²) in [6.07, 6.45) is 2.94. The molecule has 0 saturated heterocycles. The van der Waals surface area contributed by atoms with E-state index < -0.39 is 0 Å². The average Bonchev–Trinajstić information content (AvgIpc) is 2.36. The Balaban J connectivity index is 2.13. The van der Waals surface area contributed by atoms with Crippen molar-refractivity contribution in [1.82, 2.24) is 0 Å². The van der Waals surface area contributed by atoms with Gasteiger partial charge in [0.05, 0.1) is 7.11 Å². The fourth-order valence-corrected chi connectivity index (χ4v) is 3.45. The average molecular weight is 291 g/mol. The number of carbonyl (C=O) groups is 1. The van der Waals surface area contributed by atoms with Crippen molar-refractivity contribution in [1.29, 1.82) is 0 Å². The van der Waals surface area contributed by atoms with E-state index in [1.807, 2.05) is 0 Å². The van der Waals surface area contributed by atoms with E-state index >= 15 is 0 Å². The second-order valence-electron chi connectivity index (χ2n) is 6.90. The van der Waals surface area contributed by atoms with Crippen LogP contribution in [-0.4, -0.2) is 19.2 Å². The van der Waals surface area contributed by atoms with Gasteiger partial charge in [0.2, 0.25) is 0 Å². The first kappa shape index (κ1) is 15.7. The minimum atomic E-state index is -0.353. The van der Waals surface area contributed by atoms with Crippen LogP contribution in [0.5, 0.6) is 5.75 Å². The van der Waals surface area contributed by atoms with Crippen LogP contribution < -0.4 is 10.5 Å². The molecule has 2 N–H and O–H groups in total. The number of benzene rings is 1. The van der Waals surface area contributed by atoms with Gasteiger partial charge in [-0.3, -0.25) is 0 Å². The summed E-state index contributed by atoms with van der Waals surface area (Å²) in [6.45, 7) is 6.66. The van der Waals surface area contributed by atoms with E-state index in [0.717, 1.165) is 12.8 Å². The maximum atomic E-state index is 12.4. The number of hydrogen-bond donors (Lipinski definition) is 1. The largest absolute Gasteiger partial charge is 0.496 e. The molecular weight excluding hydrogens is 266 g/mol. The predicted octanol–water partition coefficient (Wildman–Crippen LogP) is 3.65. The van der Waals surface area contributed by atoms with E-state index in [1.165, 1.54) is 13.5 Å². The molecule has 1 aromatic rings. The number of nitrogens with two attached hydrogens (primary N) is 1. The molecule has 0 aliphatic heterocycles. The maximum absolute atomic E-state index is 12.4. The third kappa shape index (κ3) is 3.90. The first-order chi connectivity index (χ1) is 9.80. The molecule has 1 aliphatic rings. The topological polar surface area (TPSA) is 61.5 Å². The SMILES string of the molecule is COc1ccc(N)cc1C(=O)OC1CC(C)CC(C)(C)C1. The van der Waals surface area contributed by atoms with Crippen molar-refractivity contribution in [2.24, 2.45) is 11.3 Å². The van der Waals surface area contributed by atoms with Crippen molar-refractivity contribution >= 4 is 11.7 Å². The lowest BCUT2D eigenvalue weighted by Gasteiger charge is -2.38. The van der Waals surface area contributed by atoms with Gasteiger partial charge in [-0.15, -0.1) is 0 Å². The Morgan fingerprint density at radius 3 is 2.67 bits per heavy atom. The molecule has 1 aliphatic carbocycles. The molecule has 1 saturated carbocycles. The van der Waals surface area contributed by atoms with Crippen LogP contribution in [0.3, 0.4) is 0 Å². The van der Waals surface area contributed by atoms with Crippen LogP contribution in [-0.2, 0) is 4.74 Å². The molecule has 2 unspecified atom stereocenters. The molecule has 116 valence electrons. The fraction of sp³-hybridized carbons (Fsp3) is 0.588. The molecule has 0 aromatic heterocycles. The third-order valence-corrected chi connectivity index (χ3v) is 4.06. The summed E-state index contributed by atoms with van der Waals surface area (Å²) >= 11 is 0. The smallest absolute Gasteiger partial charge is 0.342 e. The van der Waals surface area contributed by atoms with Crippen LogP contribution >= 0.6 is 0 Å². The Morgan fingerprint density at radius 2 is 2.05 bits per heavy atom. The van der Waals surface area contributed by atoms with Crippen molar-refractivity contribution < 1.29 is 14.3 Å². The highest BCUT2D eigenvalue weighted by molar-refractivity contribution is 5.93. The number of ether oxygens (including phenoxy) is 2. The van der Waals surface area contributed by atoms with Gasteiger partial charge in [-0.25, -0.2) is 4.79 Å². The molecule has 1 aromatic carbocycles. The van der Waals surface area contributed by atoms with Crippen molar-refractivity contribution in [2.75, 3.05) is 12.8 Å². The predicted molar refractivity (Wildman–Crippen MR) is 83.4 cm³/mol. The summed E-state index contributed by atoms with van der Waals surface area (Å²) < 4.78 is 10.9. The first-order valence-electron chi connectivity index (χ1n) is 7.45. The number of nitrogen functional groups attached to an aromatic ring is 1. The third-order valence-electron chi connectivity index (χ3n) is 4.06. The Bertz CT molecular complexity index is 525. The summed E-state index contributed by atoms with van der Waals surface area (Å²) in [6, 6.07) is 5.01. The molecule has 0 amide bonds. The van der Waals surface area contributed by atoms with Crippen LogP contribution in [0.15, 0.2) is 18.2 Å². The fourth-order valence-electron chi connectivity index (χ4n) is 3.45.